The lowest BCUT2D eigenvalue weighted by Gasteiger charge is -2.19. The van der Waals surface area contributed by atoms with Crippen molar-refractivity contribution in [2.75, 3.05) is 13.2 Å². The van der Waals surface area contributed by atoms with E-state index in [-0.39, 0.29) is 5.78 Å². The number of fused-ring (bicyclic) bond motifs is 1. The Morgan fingerprint density at radius 2 is 1.84 bits per heavy atom. The van der Waals surface area contributed by atoms with Crippen LogP contribution >= 0.6 is 11.6 Å². The average Bonchev–Trinajstić information content (AvgIpc) is 2.83. The molecule has 3 rings (SSSR count). The van der Waals surface area contributed by atoms with Crippen LogP contribution in [-0.4, -0.2) is 19.0 Å². The zero-order valence-electron chi connectivity index (χ0n) is 10.2. The molecule has 1 aromatic heterocycles. The molecule has 1 aliphatic rings. The largest absolute Gasteiger partial charge is 0.486 e. The van der Waals surface area contributed by atoms with Gasteiger partial charge < -0.3 is 13.9 Å². The molecule has 0 N–H and O–H groups in total. The van der Waals surface area contributed by atoms with Crippen molar-refractivity contribution in [3.05, 3.63) is 46.4 Å². The van der Waals surface area contributed by atoms with E-state index in [2.05, 4.69) is 0 Å². The van der Waals surface area contributed by atoms with Crippen LogP contribution in [0, 0.1) is 6.92 Å². The topological polar surface area (TPSA) is 48.7 Å². The van der Waals surface area contributed by atoms with Gasteiger partial charge >= 0.3 is 0 Å². The number of hydrogen-bond acceptors (Lipinski definition) is 4. The Hall–Kier alpha value is -1.94. The van der Waals surface area contributed by atoms with Crippen LogP contribution in [0.2, 0.25) is 5.02 Å². The predicted molar refractivity (Wildman–Crippen MR) is 69.3 cm³/mol. The van der Waals surface area contributed by atoms with E-state index in [0.29, 0.717) is 46.6 Å². The fourth-order valence-corrected chi connectivity index (χ4v) is 2.24. The molecule has 1 aliphatic heterocycles. The van der Waals surface area contributed by atoms with Gasteiger partial charge in [0.15, 0.2) is 17.3 Å². The Morgan fingerprint density at radius 3 is 2.47 bits per heavy atom. The molecule has 0 spiro atoms. The van der Waals surface area contributed by atoms with E-state index >= 15 is 0 Å². The highest BCUT2D eigenvalue weighted by atomic mass is 35.5. The van der Waals surface area contributed by atoms with Crippen molar-refractivity contribution in [2.45, 2.75) is 6.92 Å². The third-order valence-electron chi connectivity index (χ3n) is 2.98. The van der Waals surface area contributed by atoms with E-state index in [0.717, 1.165) is 0 Å². The summed E-state index contributed by atoms with van der Waals surface area (Å²) in [5.74, 6) is 1.49. The molecule has 4 nitrogen and oxygen atoms in total. The molecule has 1 aromatic carbocycles. The molecule has 0 saturated carbocycles. The Kier molecular flexibility index (Phi) is 2.95. The van der Waals surface area contributed by atoms with Crippen LogP contribution in [0.1, 0.15) is 21.7 Å². The number of rotatable bonds is 2. The minimum absolute atomic E-state index is 0.187. The van der Waals surface area contributed by atoms with Crippen LogP contribution in [0.3, 0.4) is 0 Å². The highest BCUT2D eigenvalue weighted by Gasteiger charge is 2.21. The molecule has 5 heteroatoms. The highest BCUT2D eigenvalue weighted by Crippen LogP contribution is 2.36. The van der Waals surface area contributed by atoms with Gasteiger partial charge in [-0.3, -0.25) is 4.79 Å². The fraction of sp³-hybridized carbons (Fsp3) is 0.214. The van der Waals surface area contributed by atoms with Gasteiger partial charge in [-0.1, -0.05) is 11.6 Å². The molecule has 0 unspecified atom stereocenters. The van der Waals surface area contributed by atoms with Crippen LogP contribution < -0.4 is 9.47 Å². The Labute approximate surface area is 114 Å². The summed E-state index contributed by atoms with van der Waals surface area (Å²) in [6.07, 6.45) is 1.48. The summed E-state index contributed by atoms with van der Waals surface area (Å²) < 4.78 is 16.0. The second-order valence-corrected chi connectivity index (χ2v) is 4.60. The SMILES string of the molecule is Cc1occc1C(=O)c1cc2c(cc1Cl)OCCO2. The van der Waals surface area contributed by atoms with E-state index in [4.69, 9.17) is 25.5 Å². The normalized spacial score (nSPS) is 13.4. The minimum Gasteiger partial charge on any atom is -0.486 e. The van der Waals surface area contributed by atoms with Crippen LogP contribution in [0.15, 0.2) is 28.9 Å². The second kappa shape index (κ2) is 4.63. The fourth-order valence-electron chi connectivity index (χ4n) is 2.00. The zero-order chi connectivity index (χ0) is 13.4. The lowest BCUT2D eigenvalue weighted by Crippen LogP contribution is -2.16. The molecule has 0 aliphatic carbocycles. The first kappa shape index (κ1) is 12.1. The van der Waals surface area contributed by atoms with Gasteiger partial charge in [-0.15, -0.1) is 0 Å². The molecular formula is C14H11ClO4. The van der Waals surface area contributed by atoms with Crippen molar-refractivity contribution in [1.82, 2.24) is 0 Å². The summed E-state index contributed by atoms with van der Waals surface area (Å²) in [4.78, 5) is 12.4. The summed E-state index contributed by atoms with van der Waals surface area (Å²) in [5, 5.41) is 0.342. The number of hydrogen-bond donors (Lipinski definition) is 0. The molecule has 0 saturated heterocycles. The van der Waals surface area contributed by atoms with Crippen molar-refractivity contribution in [2.24, 2.45) is 0 Å². The lowest BCUT2D eigenvalue weighted by molar-refractivity contribution is 0.103. The third kappa shape index (κ3) is 2.08. The van der Waals surface area contributed by atoms with E-state index < -0.39 is 0 Å². The van der Waals surface area contributed by atoms with E-state index in [9.17, 15) is 4.79 Å². The average molecular weight is 279 g/mol. The number of ketones is 1. The maximum absolute atomic E-state index is 12.4. The van der Waals surface area contributed by atoms with Crippen LogP contribution in [0.4, 0.5) is 0 Å². The molecule has 2 aromatic rings. The molecule has 0 bridgehead atoms. The van der Waals surface area contributed by atoms with Crippen molar-refractivity contribution in [1.29, 1.82) is 0 Å². The van der Waals surface area contributed by atoms with E-state index in [1.54, 1.807) is 25.1 Å². The van der Waals surface area contributed by atoms with Crippen LogP contribution in [-0.2, 0) is 0 Å². The number of furan rings is 1. The summed E-state index contributed by atoms with van der Waals surface area (Å²) in [5.41, 5.74) is 0.883. The summed E-state index contributed by atoms with van der Waals surface area (Å²) in [6.45, 7) is 2.68. The van der Waals surface area contributed by atoms with Crippen molar-refractivity contribution in [3.8, 4) is 11.5 Å². The first-order chi connectivity index (χ1) is 9.16. The molecule has 0 amide bonds. The Morgan fingerprint density at radius 1 is 1.16 bits per heavy atom. The number of carbonyl (C=O) groups excluding carboxylic acids is 1. The zero-order valence-corrected chi connectivity index (χ0v) is 11.0. The van der Waals surface area contributed by atoms with Crippen molar-refractivity contribution >= 4 is 17.4 Å². The van der Waals surface area contributed by atoms with Crippen LogP contribution in [0.5, 0.6) is 11.5 Å². The van der Waals surface area contributed by atoms with Gasteiger partial charge in [-0.2, -0.15) is 0 Å². The monoisotopic (exact) mass is 278 g/mol. The van der Waals surface area contributed by atoms with E-state index in [1.807, 2.05) is 0 Å². The second-order valence-electron chi connectivity index (χ2n) is 4.20. The summed E-state index contributed by atoms with van der Waals surface area (Å²) >= 11 is 6.14. The molecule has 0 fully saturated rings. The van der Waals surface area contributed by atoms with Crippen LogP contribution in [0.25, 0.3) is 0 Å². The molecular weight excluding hydrogens is 268 g/mol. The highest BCUT2D eigenvalue weighted by molar-refractivity contribution is 6.35. The lowest BCUT2D eigenvalue weighted by atomic mass is 10.0. The van der Waals surface area contributed by atoms with Gasteiger partial charge in [-0.05, 0) is 19.1 Å². The summed E-state index contributed by atoms with van der Waals surface area (Å²) in [7, 11) is 0. The number of benzene rings is 1. The van der Waals surface area contributed by atoms with Gasteiger partial charge in [0.2, 0.25) is 0 Å². The number of halogens is 1. The number of carbonyl (C=O) groups is 1. The molecule has 0 radical (unpaired) electrons. The predicted octanol–water partition coefficient (Wildman–Crippen LogP) is 3.24. The van der Waals surface area contributed by atoms with Crippen molar-refractivity contribution in [3.63, 3.8) is 0 Å². The maximum atomic E-state index is 12.4. The maximum Gasteiger partial charge on any atom is 0.198 e. The standard InChI is InChI=1S/C14H11ClO4/c1-8-9(2-3-17-8)14(16)10-6-12-13(7-11(10)15)19-5-4-18-12/h2-3,6-7H,4-5H2,1H3. The summed E-state index contributed by atoms with van der Waals surface area (Å²) in [6, 6.07) is 4.86. The van der Waals surface area contributed by atoms with Gasteiger partial charge in [0, 0.05) is 11.6 Å². The molecule has 0 atom stereocenters. The van der Waals surface area contributed by atoms with E-state index in [1.165, 1.54) is 6.26 Å². The van der Waals surface area contributed by atoms with Gasteiger partial charge in [0.1, 0.15) is 19.0 Å². The first-order valence-electron chi connectivity index (χ1n) is 5.85. The Bertz CT molecular complexity index is 645. The third-order valence-corrected chi connectivity index (χ3v) is 3.29. The number of aryl methyl sites for hydroxylation is 1. The minimum atomic E-state index is -0.187. The van der Waals surface area contributed by atoms with Gasteiger partial charge in [0.25, 0.3) is 0 Å². The smallest absolute Gasteiger partial charge is 0.198 e. The molecule has 2 heterocycles. The van der Waals surface area contributed by atoms with Gasteiger partial charge in [-0.25, -0.2) is 0 Å². The number of ether oxygens (including phenoxy) is 2. The first-order valence-corrected chi connectivity index (χ1v) is 6.22. The van der Waals surface area contributed by atoms with Crippen molar-refractivity contribution < 1.29 is 18.7 Å². The Balaban J connectivity index is 2.06. The molecule has 98 valence electrons. The quantitative estimate of drug-likeness (QED) is 0.791. The van der Waals surface area contributed by atoms with Gasteiger partial charge in [0.05, 0.1) is 16.8 Å². The molecule has 19 heavy (non-hydrogen) atoms.